The number of halogens is 3. The van der Waals surface area contributed by atoms with Crippen molar-refractivity contribution in [3.05, 3.63) is 29.8 Å². The first-order valence-corrected chi connectivity index (χ1v) is 10.6. The summed E-state index contributed by atoms with van der Waals surface area (Å²) in [6, 6.07) is 3.02. The average molecular weight is 423 g/mol. The summed E-state index contributed by atoms with van der Waals surface area (Å²) in [5.74, 6) is 1.66. The number of pyridine rings is 1. The van der Waals surface area contributed by atoms with E-state index in [1.807, 2.05) is 18.5 Å². The summed E-state index contributed by atoms with van der Waals surface area (Å²) in [5.41, 5.74) is -0.405. The van der Waals surface area contributed by atoms with Crippen LogP contribution in [0, 0.1) is 0 Å². The molecule has 30 heavy (non-hydrogen) atoms. The maximum absolute atomic E-state index is 12.8. The largest absolute Gasteiger partial charge is 0.433 e. The first kappa shape index (κ1) is 21.2. The van der Waals surface area contributed by atoms with Gasteiger partial charge in [-0.3, -0.25) is 9.88 Å². The van der Waals surface area contributed by atoms with Gasteiger partial charge >= 0.3 is 6.18 Å². The standard InChI is InChI=1S/C21H28F3N5O/c1-14(2)29-20(15-4-6-17(12-15)28-8-3-10-30-11-9-28)26-19(27-29)16-5-7-18(25-13-16)21(22,23)24/h5,7,13-15,17H,3-4,6,8-12H2,1-2H3/t15-,17-/m1/s1. The van der Waals surface area contributed by atoms with Crippen molar-refractivity contribution in [2.75, 3.05) is 26.3 Å². The third-order valence-corrected chi connectivity index (χ3v) is 6.00. The van der Waals surface area contributed by atoms with Crippen molar-refractivity contribution >= 4 is 0 Å². The number of nitrogens with zero attached hydrogens (tertiary/aromatic N) is 5. The highest BCUT2D eigenvalue weighted by Gasteiger charge is 2.35. The number of alkyl halides is 3. The molecule has 1 aliphatic heterocycles. The molecule has 0 spiro atoms. The maximum Gasteiger partial charge on any atom is 0.433 e. The Kier molecular flexibility index (Phi) is 6.11. The van der Waals surface area contributed by atoms with Gasteiger partial charge in [-0.1, -0.05) is 0 Å². The van der Waals surface area contributed by atoms with E-state index in [9.17, 15) is 13.2 Å². The quantitative estimate of drug-likeness (QED) is 0.734. The van der Waals surface area contributed by atoms with Crippen molar-refractivity contribution < 1.29 is 17.9 Å². The van der Waals surface area contributed by atoms with E-state index >= 15 is 0 Å². The predicted octanol–water partition coefficient (Wildman–Crippen LogP) is 4.30. The molecule has 2 aliphatic rings. The second kappa shape index (κ2) is 8.63. The second-order valence-corrected chi connectivity index (χ2v) is 8.43. The summed E-state index contributed by atoms with van der Waals surface area (Å²) in [4.78, 5) is 10.8. The van der Waals surface area contributed by atoms with E-state index in [2.05, 4.69) is 15.0 Å². The first-order valence-electron chi connectivity index (χ1n) is 10.6. The zero-order valence-electron chi connectivity index (χ0n) is 17.4. The van der Waals surface area contributed by atoms with Crippen LogP contribution in [0.1, 0.15) is 63.0 Å². The fraction of sp³-hybridized carbons (Fsp3) is 0.667. The monoisotopic (exact) mass is 423 g/mol. The third kappa shape index (κ3) is 4.51. The molecule has 0 aromatic carbocycles. The van der Waals surface area contributed by atoms with Crippen LogP contribution in [-0.2, 0) is 10.9 Å². The number of hydrogen-bond donors (Lipinski definition) is 0. The van der Waals surface area contributed by atoms with Gasteiger partial charge in [0.15, 0.2) is 5.82 Å². The highest BCUT2D eigenvalue weighted by atomic mass is 19.4. The molecule has 0 unspecified atom stereocenters. The lowest BCUT2D eigenvalue weighted by atomic mass is 10.1. The van der Waals surface area contributed by atoms with Crippen LogP contribution in [0.3, 0.4) is 0 Å². The lowest BCUT2D eigenvalue weighted by Crippen LogP contribution is -2.35. The summed E-state index contributed by atoms with van der Waals surface area (Å²) < 4.78 is 45.9. The minimum Gasteiger partial charge on any atom is -0.380 e. The number of rotatable bonds is 4. The van der Waals surface area contributed by atoms with Crippen molar-refractivity contribution in [2.45, 2.75) is 63.7 Å². The van der Waals surface area contributed by atoms with Gasteiger partial charge in [0, 0.05) is 49.5 Å². The minimum atomic E-state index is -4.45. The zero-order valence-corrected chi connectivity index (χ0v) is 17.4. The Morgan fingerprint density at radius 1 is 1.13 bits per heavy atom. The Morgan fingerprint density at radius 2 is 1.97 bits per heavy atom. The van der Waals surface area contributed by atoms with Gasteiger partial charge in [0.05, 0.1) is 6.61 Å². The Morgan fingerprint density at radius 3 is 2.67 bits per heavy atom. The highest BCUT2D eigenvalue weighted by molar-refractivity contribution is 5.53. The molecule has 0 bridgehead atoms. The van der Waals surface area contributed by atoms with Crippen LogP contribution in [0.4, 0.5) is 13.2 Å². The molecule has 0 N–H and O–H groups in total. The van der Waals surface area contributed by atoms with Crippen LogP contribution in [-0.4, -0.2) is 57.0 Å². The SMILES string of the molecule is CC(C)n1nc(-c2ccc(C(F)(F)F)nc2)nc1[C@@H]1CC[C@@H](N2CCCOCC2)C1. The lowest BCUT2D eigenvalue weighted by Gasteiger charge is -2.26. The van der Waals surface area contributed by atoms with Gasteiger partial charge in [-0.2, -0.15) is 18.3 Å². The zero-order chi connectivity index (χ0) is 21.3. The van der Waals surface area contributed by atoms with Crippen LogP contribution < -0.4 is 0 Å². The van der Waals surface area contributed by atoms with E-state index < -0.39 is 11.9 Å². The summed E-state index contributed by atoms with van der Waals surface area (Å²) in [7, 11) is 0. The van der Waals surface area contributed by atoms with E-state index in [1.54, 1.807) is 0 Å². The Balaban J connectivity index is 1.54. The normalized spacial score (nSPS) is 23.8. The topological polar surface area (TPSA) is 56.1 Å². The van der Waals surface area contributed by atoms with Crippen molar-refractivity contribution in [3.63, 3.8) is 0 Å². The molecule has 1 saturated heterocycles. The average Bonchev–Trinajstić information content (AvgIpc) is 3.28. The van der Waals surface area contributed by atoms with E-state index in [1.165, 1.54) is 12.3 Å². The van der Waals surface area contributed by atoms with Crippen LogP contribution in [0.15, 0.2) is 18.3 Å². The van der Waals surface area contributed by atoms with Gasteiger partial charge < -0.3 is 4.74 Å². The Hall–Kier alpha value is -2.00. The Labute approximate surface area is 174 Å². The van der Waals surface area contributed by atoms with Gasteiger partial charge in [-0.05, 0) is 51.7 Å². The van der Waals surface area contributed by atoms with E-state index in [4.69, 9.17) is 9.72 Å². The smallest absolute Gasteiger partial charge is 0.380 e. The molecule has 4 rings (SSSR count). The van der Waals surface area contributed by atoms with Gasteiger partial charge in [0.1, 0.15) is 11.5 Å². The van der Waals surface area contributed by atoms with Gasteiger partial charge in [0.2, 0.25) is 0 Å². The van der Waals surface area contributed by atoms with Crippen LogP contribution in [0.25, 0.3) is 11.4 Å². The van der Waals surface area contributed by atoms with Crippen molar-refractivity contribution in [1.82, 2.24) is 24.6 Å². The van der Waals surface area contributed by atoms with Crippen LogP contribution in [0.2, 0.25) is 0 Å². The van der Waals surface area contributed by atoms with Crippen molar-refractivity contribution in [1.29, 1.82) is 0 Å². The summed E-state index contributed by atoms with van der Waals surface area (Å²) >= 11 is 0. The van der Waals surface area contributed by atoms with Crippen LogP contribution in [0.5, 0.6) is 0 Å². The maximum atomic E-state index is 12.8. The summed E-state index contributed by atoms with van der Waals surface area (Å²) in [6.45, 7) is 7.75. The van der Waals surface area contributed by atoms with Gasteiger partial charge in [-0.15, -0.1) is 0 Å². The van der Waals surface area contributed by atoms with E-state index in [-0.39, 0.29) is 6.04 Å². The fourth-order valence-electron chi connectivity index (χ4n) is 4.46. The van der Waals surface area contributed by atoms with Gasteiger partial charge in [-0.25, -0.2) is 9.67 Å². The molecular weight excluding hydrogens is 395 g/mol. The number of hydrogen-bond acceptors (Lipinski definition) is 5. The first-order chi connectivity index (χ1) is 14.3. The molecule has 2 fully saturated rings. The molecule has 1 saturated carbocycles. The predicted molar refractivity (Wildman–Crippen MR) is 106 cm³/mol. The molecule has 2 aromatic heterocycles. The van der Waals surface area contributed by atoms with Gasteiger partial charge in [0.25, 0.3) is 0 Å². The summed E-state index contributed by atoms with van der Waals surface area (Å²) in [5, 5.41) is 4.62. The van der Waals surface area contributed by atoms with E-state index in [0.717, 1.165) is 63.9 Å². The molecule has 2 aromatic rings. The molecule has 6 nitrogen and oxygen atoms in total. The van der Waals surface area contributed by atoms with Crippen molar-refractivity contribution in [2.24, 2.45) is 0 Å². The molecule has 9 heteroatoms. The highest BCUT2D eigenvalue weighted by Crippen LogP contribution is 2.38. The molecule has 0 amide bonds. The summed E-state index contributed by atoms with van der Waals surface area (Å²) in [6.07, 6.45) is 1.00. The van der Waals surface area contributed by atoms with Crippen molar-refractivity contribution in [3.8, 4) is 11.4 Å². The second-order valence-electron chi connectivity index (χ2n) is 8.43. The molecule has 0 radical (unpaired) electrons. The number of ether oxygens (including phenoxy) is 1. The molecule has 1 aliphatic carbocycles. The lowest BCUT2D eigenvalue weighted by molar-refractivity contribution is -0.141. The van der Waals surface area contributed by atoms with E-state index in [0.29, 0.717) is 23.3 Å². The minimum absolute atomic E-state index is 0.120. The Bertz CT molecular complexity index is 841. The third-order valence-electron chi connectivity index (χ3n) is 6.00. The molecular formula is C21H28F3N5O. The molecule has 3 heterocycles. The number of aromatic nitrogens is 4. The molecule has 2 atom stereocenters. The fourth-order valence-corrected chi connectivity index (χ4v) is 4.46. The van der Waals surface area contributed by atoms with Crippen LogP contribution >= 0.6 is 0 Å². The molecule has 164 valence electrons.